The van der Waals surface area contributed by atoms with Gasteiger partial charge in [0.25, 0.3) is 5.91 Å². The lowest BCUT2D eigenvalue weighted by Gasteiger charge is -2.30. The van der Waals surface area contributed by atoms with Gasteiger partial charge in [0, 0.05) is 24.3 Å². The van der Waals surface area contributed by atoms with E-state index in [2.05, 4.69) is 17.2 Å². The average Bonchev–Trinajstić information content (AvgIpc) is 2.66. The van der Waals surface area contributed by atoms with Crippen LogP contribution in [-0.2, 0) is 10.0 Å². The molecular formula is C23H31N3O3S. The van der Waals surface area contributed by atoms with Crippen molar-refractivity contribution in [2.24, 2.45) is 5.92 Å². The number of pyridine rings is 1. The first-order valence-electron chi connectivity index (χ1n) is 10.4. The minimum absolute atomic E-state index is 0.220. The molecule has 0 spiro atoms. The Labute approximate surface area is 179 Å². The third-order valence-corrected chi connectivity index (χ3v) is 8.03. The molecule has 1 amide bonds. The quantitative estimate of drug-likeness (QED) is 0.786. The number of piperidine rings is 1. The van der Waals surface area contributed by atoms with Crippen LogP contribution in [0.4, 0.5) is 5.69 Å². The largest absolute Gasteiger partial charge is 0.320 e. The maximum atomic E-state index is 13.3. The molecule has 1 aliphatic heterocycles. The van der Waals surface area contributed by atoms with Crippen LogP contribution in [0.3, 0.4) is 0 Å². The molecule has 0 aliphatic carbocycles. The first-order chi connectivity index (χ1) is 14.0. The number of aromatic nitrogens is 1. The molecule has 2 heterocycles. The molecule has 0 bridgehead atoms. The van der Waals surface area contributed by atoms with Crippen LogP contribution in [0.15, 0.2) is 23.1 Å². The number of nitrogens with one attached hydrogen (secondary N) is 1. The number of hydrogen-bond donors (Lipinski definition) is 1. The molecule has 0 unspecified atom stereocenters. The Hall–Kier alpha value is -2.25. The summed E-state index contributed by atoms with van der Waals surface area (Å²) in [5.41, 5.74) is 5.02. The maximum absolute atomic E-state index is 13.3. The lowest BCUT2D eigenvalue weighted by Crippen LogP contribution is -2.38. The van der Waals surface area contributed by atoms with Crippen LogP contribution in [-0.4, -0.2) is 36.7 Å². The molecule has 1 aromatic heterocycles. The average molecular weight is 430 g/mol. The molecule has 7 heteroatoms. The zero-order valence-corrected chi connectivity index (χ0v) is 19.5. The number of amides is 1. The van der Waals surface area contributed by atoms with Crippen molar-refractivity contribution in [1.82, 2.24) is 9.29 Å². The van der Waals surface area contributed by atoms with Gasteiger partial charge in [-0.2, -0.15) is 4.31 Å². The fourth-order valence-corrected chi connectivity index (χ4v) is 5.78. The number of rotatable bonds is 4. The highest BCUT2D eigenvalue weighted by Crippen LogP contribution is 2.28. The molecule has 1 saturated heterocycles. The number of carbonyl (C=O) groups is 1. The summed E-state index contributed by atoms with van der Waals surface area (Å²) in [6.07, 6.45) is 1.72. The van der Waals surface area contributed by atoms with Gasteiger partial charge in [-0.25, -0.2) is 8.42 Å². The third kappa shape index (κ3) is 4.42. The van der Waals surface area contributed by atoms with Crippen molar-refractivity contribution < 1.29 is 13.2 Å². The summed E-state index contributed by atoms with van der Waals surface area (Å²) in [6.45, 7) is 12.5. The Balaban J connectivity index is 1.96. The van der Waals surface area contributed by atoms with Crippen LogP contribution in [0.5, 0.6) is 0 Å². The standard InChI is InChI=1S/C23H31N3O3S/c1-14-7-9-26(10-8-14)30(28,29)21-13-20(12-15(2)18(21)5)23(27)25-22-16(3)11-17(4)24-19(22)6/h11-14H,7-10H2,1-6H3,(H,25,27). The van der Waals surface area contributed by atoms with Gasteiger partial charge in [0.2, 0.25) is 10.0 Å². The number of sulfonamides is 1. The summed E-state index contributed by atoms with van der Waals surface area (Å²) >= 11 is 0. The molecule has 1 N–H and O–H groups in total. The minimum Gasteiger partial charge on any atom is -0.320 e. The second-order valence-corrected chi connectivity index (χ2v) is 10.4. The Morgan fingerprint density at radius 1 is 1.03 bits per heavy atom. The van der Waals surface area contributed by atoms with Crippen LogP contribution >= 0.6 is 0 Å². The lowest BCUT2D eigenvalue weighted by atomic mass is 10.0. The molecule has 0 saturated carbocycles. The molecule has 6 nitrogen and oxygen atoms in total. The number of nitrogens with zero attached hydrogens (tertiary/aromatic N) is 2. The van der Waals surface area contributed by atoms with Crippen LogP contribution in [0.2, 0.25) is 0 Å². The zero-order chi connectivity index (χ0) is 22.2. The summed E-state index contributed by atoms with van der Waals surface area (Å²) in [5, 5.41) is 2.92. The monoisotopic (exact) mass is 429 g/mol. The van der Waals surface area contributed by atoms with Crippen molar-refractivity contribution >= 4 is 21.6 Å². The summed E-state index contributed by atoms with van der Waals surface area (Å²) in [6, 6.07) is 5.17. The van der Waals surface area contributed by atoms with E-state index in [1.807, 2.05) is 33.8 Å². The van der Waals surface area contributed by atoms with E-state index in [4.69, 9.17) is 0 Å². The van der Waals surface area contributed by atoms with Gasteiger partial charge < -0.3 is 5.32 Å². The van der Waals surface area contributed by atoms with E-state index in [0.717, 1.165) is 35.4 Å². The molecule has 162 valence electrons. The first kappa shape index (κ1) is 22.4. The molecule has 2 aromatic rings. The van der Waals surface area contributed by atoms with Crippen molar-refractivity contribution in [3.05, 3.63) is 51.8 Å². The number of anilines is 1. The van der Waals surface area contributed by atoms with Gasteiger partial charge in [-0.15, -0.1) is 0 Å². The normalized spacial score (nSPS) is 15.9. The van der Waals surface area contributed by atoms with E-state index in [1.54, 1.807) is 17.3 Å². The Bertz CT molecular complexity index is 1060. The topological polar surface area (TPSA) is 79.4 Å². The molecule has 30 heavy (non-hydrogen) atoms. The second kappa shape index (κ2) is 8.47. The highest BCUT2D eigenvalue weighted by Gasteiger charge is 2.30. The Morgan fingerprint density at radius 3 is 2.27 bits per heavy atom. The minimum atomic E-state index is -3.65. The van der Waals surface area contributed by atoms with Gasteiger partial charge in [0.15, 0.2) is 0 Å². The zero-order valence-electron chi connectivity index (χ0n) is 18.7. The Kier molecular flexibility index (Phi) is 6.34. The van der Waals surface area contributed by atoms with Crippen molar-refractivity contribution in [1.29, 1.82) is 0 Å². The SMILES string of the molecule is Cc1cc(C)c(NC(=O)c2cc(C)c(C)c(S(=O)(=O)N3CCC(C)CC3)c2)c(C)n1. The fraction of sp³-hybridized carbons (Fsp3) is 0.478. The second-order valence-electron chi connectivity index (χ2n) is 8.50. The van der Waals surface area contributed by atoms with E-state index in [0.29, 0.717) is 35.8 Å². The summed E-state index contributed by atoms with van der Waals surface area (Å²) < 4.78 is 28.2. The van der Waals surface area contributed by atoms with E-state index in [9.17, 15) is 13.2 Å². The molecule has 1 fully saturated rings. The molecular weight excluding hydrogens is 398 g/mol. The smallest absolute Gasteiger partial charge is 0.255 e. The van der Waals surface area contributed by atoms with Gasteiger partial charge >= 0.3 is 0 Å². The first-order valence-corrected chi connectivity index (χ1v) is 11.8. The molecule has 3 rings (SSSR count). The van der Waals surface area contributed by atoms with E-state index in [-0.39, 0.29) is 10.8 Å². The van der Waals surface area contributed by atoms with E-state index in [1.165, 1.54) is 6.07 Å². The van der Waals surface area contributed by atoms with Crippen molar-refractivity contribution in [2.75, 3.05) is 18.4 Å². The Morgan fingerprint density at radius 2 is 1.67 bits per heavy atom. The lowest BCUT2D eigenvalue weighted by molar-refractivity contribution is 0.102. The highest BCUT2D eigenvalue weighted by molar-refractivity contribution is 7.89. The van der Waals surface area contributed by atoms with E-state index >= 15 is 0 Å². The molecule has 1 aliphatic rings. The number of carbonyl (C=O) groups excluding carboxylic acids is 1. The van der Waals surface area contributed by atoms with Gasteiger partial charge in [0.05, 0.1) is 16.3 Å². The summed E-state index contributed by atoms with van der Waals surface area (Å²) in [4.78, 5) is 17.7. The summed E-state index contributed by atoms with van der Waals surface area (Å²) in [7, 11) is -3.65. The molecule has 1 aromatic carbocycles. The predicted molar refractivity (Wildman–Crippen MR) is 119 cm³/mol. The van der Waals surface area contributed by atoms with Crippen LogP contribution in [0.25, 0.3) is 0 Å². The van der Waals surface area contributed by atoms with Crippen LogP contribution < -0.4 is 5.32 Å². The molecule has 0 radical (unpaired) electrons. The van der Waals surface area contributed by atoms with E-state index < -0.39 is 10.0 Å². The highest BCUT2D eigenvalue weighted by atomic mass is 32.2. The van der Waals surface area contributed by atoms with Gasteiger partial charge in [-0.3, -0.25) is 9.78 Å². The number of aryl methyl sites for hydroxylation is 4. The maximum Gasteiger partial charge on any atom is 0.255 e. The van der Waals surface area contributed by atoms with Crippen LogP contribution in [0, 0.1) is 40.5 Å². The van der Waals surface area contributed by atoms with Crippen LogP contribution in [0.1, 0.15) is 58.2 Å². The van der Waals surface area contributed by atoms with Crippen molar-refractivity contribution in [3.63, 3.8) is 0 Å². The van der Waals surface area contributed by atoms with Gasteiger partial charge in [-0.1, -0.05) is 6.92 Å². The van der Waals surface area contributed by atoms with Crippen molar-refractivity contribution in [3.8, 4) is 0 Å². The molecule has 0 atom stereocenters. The van der Waals surface area contributed by atoms with Gasteiger partial charge in [0.1, 0.15) is 0 Å². The number of benzene rings is 1. The fourth-order valence-electron chi connectivity index (χ4n) is 3.99. The third-order valence-electron chi connectivity index (χ3n) is 6.01. The predicted octanol–water partition coefficient (Wildman–Crippen LogP) is 4.30. The summed E-state index contributed by atoms with van der Waals surface area (Å²) in [5.74, 6) is 0.199. The van der Waals surface area contributed by atoms with Gasteiger partial charge in [-0.05, 0) is 88.3 Å². The number of hydrogen-bond acceptors (Lipinski definition) is 4. The van der Waals surface area contributed by atoms with Crippen molar-refractivity contribution in [2.45, 2.75) is 59.3 Å².